The lowest BCUT2D eigenvalue weighted by Gasteiger charge is -2.36. The van der Waals surface area contributed by atoms with Crippen LogP contribution in [0.25, 0.3) is 0 Å². The Morgan fingerprint density at radius 3 is 2.84 bits per heavy atom. The zero-order chi connectivity index (χ0) is 13.7. The molecule has 6 heteroatoms. The lowest BCUT2D eigenvalue weighted by Crippen LogP contribution is -2.52. The maximum Gasteiger partial charge on any atom is 0.337 e. The van der Waals surface area contributed by atoms with E-state index in [1.807, 2.05) is 0 Å². The predicted octanol–water partition coefficient (Wildman–Crippen LogP) is 0.411. The maximum atomic E-state index is 11.1. The number of aromatic carboxylic acids is 1. The topological polar surface area (TPSA) is 91.7 Å². The van der Waals surface area contributed by atoms with Crippen LogP contribution in [0.1, 0.15) is 28.9 Å². The molecule has 2 heterocycles. The van der Waals surface area contributed by atoms with Gasteiger partial charge in [-0.2, -0.15) is 0 Å². The summed E-state index contributed by atoms with van der Waals surface area (Å²) in [7, 11) is 0. The Morgan fingerprint density at radius 2 is 2.21 bits per heavy atom. The molecule has 6 nitrogen and oxygen atoms in total. The van der Waals surface area contributed by atoms with Crippen LogP contribution in [0.2, 0.25) is 0 Å². The van der Waals surface area contributed by atoms with E-state index >= 15 is 0 Å². The fourth-order valence-electron chi connectivity index (χ4n) is 2.20. The molecule has 0 atom stereocenters. The molecule has 0 unspecified atom stereocenters. The fourth-order valence-corrected chi connectivity index (χ4v) is 2.20. The van der Waals surface area contributed by atoms with E-state index in [1.165, 1.54) is 6.07 Å². The first-order valence-corrected chi connectivity index (χ1v) is 6.28. The Labute approximate surface area is 111 Å². The molecule has 1 aliphatic rings. The number of nitrogens with zero attached hydrogens (tertiary/aromatic N) is 1. The van der Waals surface area contributed by atoms with Gasteiger partial charge in [0.1, 0.15) is 0 Å². The van der Waals surface area contributed by atoms with Gasteiger partial charge < -0.3 is 20.3 Å². The van der Waals surface area contributed by atoms with E-state index in [0.717, 1.165) is 0 Å². The normalized spacial score (nSPS) is 18.2. The standard InChI is InChI=1S/C13H18N2O4/c16-9-13(3-6-19-7-4-13)15-8-11-10(12(17)18)2-1-5-14-11/h1-2,5,15-16H,3-4,6-9H2,(H,17,18). The minimum atomic E-state index is -0.991. The number of nitrogens with one attached hydrogen (secondary N) is 1. The minimum absolute atomic E-state index is 0.00555. The number of aliphatic hydroxyl groups excluding tert-OH is 1. The van der Waals surface area contributed by atoms with Crippen LogP contribution >= 0.6 is 0 Å². The van der Waals surface area contributed by atoms with Gasteiger partial charge in [0.05, 0.1) is 17.9 Å². The van der Waals surface area contributed by atoms with Crippen molar-refractivity contribution in [3.05, 3.63) is 29.6 Å². The van der Waals surface area contributed by atoms with E-state index < -0.39 is 11.5 Å². The molecule has 2 rings (SSSR count). The second-order valence-corrected chi connectivity index (χ2v) is 4.71. The van der Waals surface area contributed by atoms with Crippen molar-refractivity contribution in [3.63, 3.8) is 0 Å². The van der Waals surface area contributed by atoms with Crippen LogP contribution in [0.5, 0.6) is 0 Å². The zero-order valence-electron chi connectivity index (χ0n) is 10.6. The number of hydrogen-bond acceptors (Lipinski definition) is 5. The maximum absolute atomic E-state index is 11.1. The number of pyridine rings is 1. The number of carbonyl (C=O) groups is 1. The molecule has 1 fully saturated rings. The monoisotopic (exact) mass is 266 g/mol. The summed E-state index contributed by atoms with van der Waals surface area (Å²) in [5, 5.41) is 21.9. The third-order valence-corrected chi connectivity index (χ3v) is 3.50. The molecule has 0 amide bonds. The second-order valence-electron chi connectivity index (χ2n) is 4.71. The van der Waals surface area contributed by atoms with Crippen LogP contribution in [0.3, 0.4) is 0 Å². The summed E-state index contributed by atoms with van der Waals surface area (Å²) in [5.74, 6) is -0.991. The molecule has 1 aliphatic heterocycles. The molecule has 104 valence electrons. The van der Waals surface area contributed by atoms with Gasteiger partial charge in [0.25, 0.3) is 0 Å². The highest BCUT2D eigenvalue weighted by molar-refractivity contribution is 5.88. The molecule has 1 aromatic rings. The lowest BCUT2D eigenvalue weighted by atomic mass is 9.91. The average Bonchev–Trinajstić information content (AvgIpc) is 2.46. The van der Waals surface area contributed by atoms with Gasteiger partial charge in [-0.15, -0.1) is 0 Å². The molecule has 0 bridgehead atoms. The van der Waals surface area contributed by atoms with Gasteiger partial charge in [0.2, 0.25) is 0 Å². The van der Waals surface area contributed by atoms with Crippen molar-refractivity contribution < 1.29 is 19.7 Å². The third kappa shape index (κ3) is 3.28. The average molecular weight is 266 g/mol. The zero-order valence-corrected chi connectivity index (χ0v) is 10.6. The summed E-state index contributed by atoms with van der Waals surface area (Å²) in [6.07, 6.45) is 2.98. The summed E-state index contributed by atoms with van der Waals surface area (Å²) >= 11 is 0. The minimum Gasteiger partial charge on any atom is -0.478 e. The van der Waals surface area contributed by atoms with Crippen molar-refractivity contribution in [1.29, 1.82) is 0 Å². The summed E-state index contributed by atoms with van der Waals surface area (Å²) < 4.78 is 5.28. The van der Waals surface area contributed by atoms with Gasteiger partial charge in [0.15, 0.2) is 0 Å². The van der Waals surface area contributed by atoms with E-state index in [1.54, 1.807) is 12.3 Å². The SMILES string of the molecule is O=C(O)c1cccnc1CNC1(CO)CCOCC1. The van der Waals surface area contributed by atoms with Crippen LogP contribution in [-0.4, -0.2) is 46.5 Å². The molecule has 0 aliphatic carbocycles. The van der Waals surface area contributed by atoms with E-state index in [2.05, 4.69) is 10.3 Å². The molecule has 3 N–H and O–H groups in total. The van der Waals surface area contributed by atoms with Crippen molar-refractivity contribution in [2.45, 2.75) is 24.9 Å². The Morgan fingerprint density at radius 1 is 1.47 bits per heavy atom. The number of ether oxygens (including phenoxy) is 1. The van der Waals surface area contributed by atoms with Gasteiger partial charge in [-0.05, 0) is 25.0 Å². The Balaban J connectivity index is 2.07. The van der Waals surface area contributed by atoms with Crippen molar-refractivity contribution >= 4 is 5.97 Å². The molecule has 1 saturated heterocycles. The predicted molar refractivity (Wildman–Crippen MR) is 67.9 cm³/mol. The number of aliphatic hydroxyl groups is 1. The van der Waals surface area contributed by atoms with Crippen LogP contribution in [0.4, 0.5) is 0 Å². The number of rotatable bonds is 5. The van der Waals surface area contributed by atoms with Gasteiger partial charge in [0, 0.05) is 31.5 Å². The number of hydrogen-bond donors (Lipinski definition) is 3. The molecule has 19 heavy (non-hydrogen) atoms. The quantitative estimate of drug-likeness (QED) is 0.715. The number of aromatic nitrogens is 1. The van der Waals surface area contributed by atoms with Crippen molar-refractivity contribution in [2.75, 3.05) is 19.8 Å². The van der Waals surface area contributed by atoms with Crippen LogP contribution < -0.4 is 5.32 Å². The number of carboxylic acids is 1. The van der Waals surface area contributed by atoms with Gasteiger partial charge in [-0.3, -0.25) is 4.98 Å². The fraction of sp³-hybridized carbons (Fsp3) is 0.538. The molecular formula is C13H18N2O4. The van der Waals surface area contributed by atoms with E-state index in [4.69, 9.17) is 9.84 Å². The first kappa shape index (κ1) is 13.9. The van der Waals surface area contributed by atoms with Crippen molar-refractivity contribution in [3.8, 4) is 0 Å². The highest BCUT2D eigenvalue weighted by atomic mass is 16.5. The summed E-state index contributed by atoms with van der Waals surface area (Å²) in [6.45, 7) is 1.53. The van der Waals surface area contributed by atoms with Gasteiger partial charge in [-0.1, -0.05) is 0 Å². The molecule has 1 aromatic heterocycles. The Hall–Kier alpha value is -1.50. The molecule has 0 radical (unpaired) electrons. The summed E-state index contributed by atoms with van der Waals surface area (Å²) in [6, 6.07) is 3.13. The Bertz CT molecular complexity index is 444. The van der Waals surface area contributed by atoms with Gasteiger partial charge >= 0.3 is 5.97 Å². The first-order chi connectivity index (χ1) is 9.17. The first-order valence-electron chi connectivity index (χ1n) is 6.28. The van der Waals surface area contributed by atoms with E-state index in [9.17, 15) is 9.90 Å². The third-order valence-electron chi connectivity index (χ3n) is 3.50. The lowest BCUT2D eigenvalue weighted by molar-refractivity contribution is 0.0109. The molecular weight excluding hydrogens is 248 g/mol. The van der Waals surface area contributed by atoms with E-state index in [-0.39, 0.29) is 12.2 Å². The van der Waals surface area contributed by atoms with E-state index in [0.29, 0.717) is 38.3 Å². The second kappa shape index (κ2) is 6.10. The summed E-state index contributed by atoms with van der Waals surface area (Å²) in [4.78, 5) is 15.2. The van der Waals surface area contributed by atoms with Gasteiger partial charge in [-0.25, -0.2) is 4.79 Å². The largest absolute Gasteiger partial charge is 0.478 e. The Kier molecular flexibility index (Phi) is 4.47. The molecule has 0 saturated carbocycles. The number of carboxylic acid groups (broad SMARTS) is 1. The smallest absolute Gasteiger partial charge is 0.337 e. The highest BCUT2D eigenvalue weighted by Crippen LogP contribution is 2.20. The summed E-state index contributed by atoms with van der Waals surface area (Å²) in [5.41, 5.74) is 0.274. The van der Waals surface area contributed by atoms with Crippen molar-refractivity contribution in [2.24, 2.45) is 0 Å². The highest BCUT2D eigenvalue weighted by Gasteiger charge is 2.31. The van der Waals surface area contributed by atoms with Crippen molar-refractivity contribution in [1.82, 2.24) is 10.3 Å². The molecule has 0 spiro atoms. The van der Waals surface area contributed by atoms with Crippen LogP contribution in [0, 0.1) is 0 Å². The van der Waals surface area contributed by atoms with Crippen LogP contribution in [-0.2, 0) is 11.3 Å². The van der Waals surface area contributed by atoms with Crippen LogP contribution in [0.15, 0.2) is 18.3 Å². The molecule has 0 aromatic carbocycles.